The summed E-state index contributed by atoms with van der Waals surface area (Å²) in [5.41, 5.74) is 6.11. The van der Waals surface area contributed by atoms with E-state index in [0.29, 0.717) is 22.3 Å². The van der Waals surface area contributed by atoms with Crippen molar-refractivity contribution >= 4 is 39.1 Å². The van der Waals surface area contributed by atoms with Crippen LogP contribution in [-0.4, -0.2) is 15.3 Å². The zero-order valence-electron chi connectivity index (χ0n) is 19.8. The number of fused-ring (bicyclic) bond motifs is 2. The molecule has 0 unspecified atom stereocenters. The van der Waals surface area contributed by atoms with Crippen LogP contribution >= 0.6 is 11.3 Å². The molecule has 6 heteroatoms. The van der Waals surface area contributed by atoms with Gasteiger partial charge in [0.2, 0.25) is 0 Å². The largest absolute Gasteiger partial charge is 0.326 e. The summed E-state index contributed by atoms with van der Waals surface area (Å²) in [4.78, 5) is 19.8. The Morgan fingerprint density at radius 2 is 1.49 bits per heavy atom. The molecule has 0 saturated heterocycles. The standard InChI is InChI=1S/C31H18N4OS/c1-35-27-16-23(15-26-28(22(17-32)18-33)24-9-5-6-10-25(24)29(26)36)37-31(27)34-30(35)21-13-11-20(12-14-21)19-7-3-2-4-8-19/h2-16H,1H3/b26-15-. The van der Waals surface area contributed by atoms with Gasteiger partial charge in [-0.3, -0.25) is 4.79 Å². The lowest BCUT2D eigenvalue weighted by Gasteiger charge is -2.05. The van der Waals surface area contributed by atoms with E-state index in [2.05, 4.69) is 36.4 Å². The average molecular weight is 495 g/mol. The minimum Gasteiger partial charge on any atom is -0.326 e. The first-order valence-electron chi connectivity index (χ1n) is 11.6. The second-order valence-electron chi connectivity index (χ2n) is 8.68. The SMILES string of the molecule is Cn1c(-c2ccc(-c3ccccc3)cc2)nc2sc(/C=C3\C(=O)c4ccccc4C3=C(C#N)C#N)cc21. The topological polar surface area (TPSA) is 82.5 Å². The molecule has 0 spiro atoms. The molecule has 1 aliphatic rings. The molecule has 0 amide bonds. The fourth-order valence-corrected chi connectivity index (χ4v) is 5.76. The van der Waals surface area contributed by atoms with Crippen LogP contribution in [-0.2, 0) is 7.05 Å². The molecule has 174 valence electrons. The van der Waals surface area contributed by atoms with E-state index in [9.17, 15) is 15.3 Å². The van der Waals surface area contributed by atoms with Crippen molar-refractivity contribution in [1.29, 1.82) is 10.5 Å². The Hall–Kier alpha value is -5.04. The number of nitriles is 2. The summed E-state index contributed by atoms with van der Waals surface area (Å²) in [5.74, 6) is 0.680. The second kappa shape index (κ2) is 8.87. The molecule has 0 N–H and O–H groups in total. The van der Waals surface area contributed by atoms with Crippen molar-refractivity contribution in [3.05, 3.63) is 112 Å². The normalized spacial score (nSPS) is 13.5. The minimum absolute atomic E-state index is 0.0648. The van der Waals surface area contributed by atoms with Gasteiger partial charge in [0.05, 0.1) is 5.52 Å². The number of allylic oxidation sites excluding steroid dienone is 3. The average Bonchev–Trinajstić information content (AvgIpc) is 3.57. The molecule has 3 aromatic carbocycles. The van der Waals surface area contributed by atoms with E-state index in [4.69, 9.17) is 4.98 Å². The number of Topliss-reactive ketones (excluding diaryl/α,β-unsaturated/α-hetero) is 1. The molecule has 37 heavy (non-hydrogen) atoms. The number of nitrogens with zero attached hydrogens (tertiary/aromatic N) is 4. The summed E-state index contributed by atoms with van der Waals surface area (Å²) in [6, 6.07) is 31.6. The number of imidazole rings is 1. The molecule has 6 rings (SSSR count). The van der Waals surface area contributed by atoms with Crippen LogP contribution in [0.5, 0.6) is 0 Å². The van der Waals surface area contributed by atoms with E-state index < -0.39 is 0 Å². The van der Waals surface area contributed by atoms with E-state index in [1.807, 2.05) is 48.0 Å². The zero-order chi connectivity index (χ0) is 25.5. The van der Waals surface area contributed by atoms with Gasteiger partial charge in [-0.2, -0.15) is 10.5 Å². The van der Waals surface area contributed by atoms with E-state index in [1.165, 1.54) is 16.9 Å². The highest BCUT2D eigenvalue weighted by Crippen LogP contribution is 2.41. The summed E-state index contributed by atoms with van der Waals surface area (Å²) in [7, 11) is 1.98. The third-order valence-corrected chi connectivity index (χ3v) is 7.53. The number of carbonyl (C=O) groups excluding carboxylic acids is 1. The number of aryl methyl sites for hydroxylation is 1. The zero-order valence-corrected chi connectivity index (χ0v) is 20.6. The van der Waals surface area contributed by atoms with Crippen LogP contribution in [0.4, 0.5) is 0 Å². The van der Waals surface area contributed by atoms with Crippen LogP contribution in [0.2, 0.25) is 0 Å². The highest BCUT2D eigenvalue weighted by Gasteiger charge is 2.32. The Morgan fingerprint density at radius 1 is 0.865 bits per heavy atom. The lowest BCUT2D eigenvalue weighted by atomic mass is 9.99. The molecule has 0 saturated carbocycles. The first-order valence-corrected chi connectivity index (χ1v) is 12.4. The predicted octanol–water partition coefficient (Wildman–Crippen LogP) is 7.05. The fraction of sp³-hybridized carbons (Fsp3) is 0.0323. The van der Waals surface area contributed by atoms with Crippen LogP contribution in [0.3, 0.4) is 0 Å². The highest BCUT2D eigenvalue weighted by molar-refractivity contribution is 7.19. The molecular formula is C31H18N4OS. The summed E-state index contributed by atoms with van der Waals surface area (Å²) in [6.07, 6.45) is 1.77. The molecule has 2 heterocycles. The number of hydrogen-bond donors (Lipinski definition) is 0. The second-order valence-corrected chi connectivity index (χ2v) is 9.75. The Balaban J connectivity index is 1.39. The first-order chi connectivity index (χ1) is 18.1. The number of ketones is 1. The first kappa shape index (κ1) is 22.4. The van der Waals surface area contributed by atoms with E-state index in [1.54, 1.807) is 30.3 Å². The van der Waals surface area contributed by atoms with Crippen molar-refractivity contribution < 1.29 is 4.79 Å². The Morgan fingerprint density at radius 3 is 2.16 bits per heavy atom. The third kappa shape index (κ3) is 3.68. The molecule has 0 atom stereocenters. The van der Waals surface area contributed by atoms with Gasteiger partial charge >= 0.3 is 0 Å². The fourth-order valence-electron chi connectivity index (χ4n) is 4.76. The third-order valence-electron chi connectivity index (χ3n) is 6.56. The molecule has 0 radical (unpaired) electrons. The number of aromatic nitrogens is 2. The molecule has 5 aromatic rings. The maximum atomic E-state index is 13.2. The Labute approximate surface area is 217 Å². The summed E-state index contributed by atoms with van der Waals surface area (Å²) in [5, 5.41) is 19.1. The smallest absolute Gasteiger partial charge is 0.194 e. The Bertz CT molecular complexity index is 1840. The summed E-state index contributed by atoms with van der Waals surface area (Å²) >= 11 is 1.47. The summed E-state index contributed by atoms with van der Waals surface area (Å²) < 4.78 is 2.04. The molecule has 0 aliphatic heterocycles. The number of rotatable bonds is 3. The van der Waals surface area contributed by atoms with Gasteiger partial charge in [-0.05, 0) is 28.8 Å². The summed E-state index contributed by atoms with van der Waals surface area (Å²) in [6.45, 7) is 0. The maximum absolute atomic E-state index is 13.2. The van der Waals surface area contributed by atoms with Gasteiger partial charge in [0.1, 0.15) is 28.4 Å². The minimum atomic E-state index is -0.182. The lowest BCUT2D eigenvalue weighted by molar-refractivity contribution is 0.104. The van der Waals surface area contributed by atoms with Crippen molar-refractivity contribution in [2.75, 3.05) is 0 Å². The predicted molar refractivity (Wildman–Crippen MR) is 146 cm³/mol. The maximum Gasteiger partial charge on any atom is 0.194 e. The van der Waals surface area contributed by atoms with Crippen molar-refractivity contribution in [2.24, 2.45) is 7.05 Å². The number of thiophene rings is 1. The van der Waals surface area contributed by atoms with Crippen LogP contribution in [0, 0.1) is 22.7 Å². The highest BCUT2D eigenvalue weighted by atomic mass is 32.1. The van der Waals surface area contributed by atoms with Crippen molar-refractivity contribution in [3.8, 4) is 34.7 Å². The molecule has 0 fully saturated rings. The van der Waals surface area contributed by atoms with Crippen molar-refractivity contribution in [1.82, 2.24) is 9.55 Å². The Kier molecular flexibility index (Phi) is 5.38. The number of hydrogen-bond acceptors (Lipinski definition) is 5. The van der Waals surface area contributed by atoms with Gasteiger partial charge in [-0.25, -0.2) is 4.98 Å². The lowest BCUT2D eigenvalue weighted by Crippen LogP contribution is -1.95. The molecule has 5 nitrogen and oxygen atoms in total. The van der Waals surface area contributed by atoms with E-state index in [0.717, 1.165) is 32.2 Å². The monoisotopic (exact) mass is 494 g/mol. The van der Waals surface area contributed by atoms with Gasteiger partial charge in [-0.15, -0.1) is 11.3 Å². The van der Waals surface area contributed by atoms with E-state index >= 15 is 0 Å². The number of carbonyl (C=O) groups is 1. The van der Waals surface area contributed by atoms with Gasteiger partial charge in [-0.1, -0.05) is 78.9 Å². The van der Waals surface area contributed by atoms with Crippen molar-refractivity contribution in [3.63, 3.8) is 0 Å². The molecule has 0 bridgehead atoms. The van der Waals surface area contributed by atoms with E-state index in [-0.39, 0.29) is 11.4 Å². The molecule has 2 aromatic heterocycles. The van der Waals surface area contributed by atoms with Gasteiger partial charge in [0.15, 0.2) is 5.78 Å². The number of benzene rings is 3. The van der Waals surface area contributed by atoms with Gasteiger partial charge in [0, 0.05) is 34.2 Å². The van der Waals surface area contributed by atoms with Crippen LogP contribution in [0.25, 0.3) is 44.5 Å². The quantitative estimate of drug-likeness (QED) is 0.199. The van der Waals surface area contributed by atoms with Gasteiger partial charge in [0.25, 0.3) is 0 Å². The van der Waals surface area contributed by atoms with Crippen LogP contribution < -0.4 is 0 Å². The van der Waals surface area contributed by atoms with Gasteiger partial charge < -0.3 is 4.57 Å². The van der Waals surface area contributed by atoms with Crippen LogP contribution in [0.1, 0.15) is 20.8 Å². The molecular weight excluding hydrogens is 476 g/mol. The van der Waals surface area contributed by atoms with Crippen molar-refractivity contribution in [2.45, 2.75) is 0 Å². The van der Waals surface area contributed by atoms with Crippen LogP contribution in [0.15, 0.2) is 96.1 Å². The molecule has 1 aliphatic carbocycles.